The van der Waals surface area contributed by atoms with Gasteiger partial charge in [0.15, 0.2) is 0 Å². The molecular formula is C29H27FN4O2. The summed E-state index contributed by atoms with van der Waals surface area (Å²) >= 11 is 0. The highest BCUT2D eigenvalue weighted by atomic mass is 19.1. The fourth-order valence-electron chi connectivity index (χ4n) is 5.49. The number of amides is 2. The van der Waals surface area contributed by atoms with Crippen LogP contribution in [0, 0.1) is 5.82 Å². The van der Waals surface area contributed by atoms with Gasteiger partial charge in [0.2, 0.25) is 11.8 Å². The van der Waals surface area contributed by atoms with Gasteiger partial charge in [0.25, 0.3) is 0 Å². The molecule has 1 atom stereocenters. The van der Waals surface area contributed by atoms with E-state index in [1.54, 1.807) is 17.0 Å². The predicted molar refractivity (Wildman–Crippen MR) is 136 cm³/mol. The third-order valence-corrected chi connectivity index (χ3v) is 7.26. The van der Waals surface area contributed by atoms with Gasteiger partial charge >= 0.3 is 0 Å². The molecule has 0 radical (unpaired) electrons. The smallest absolute Gasteiger partial charge is 0.246 e. The van der Waals surface area contributed by atoms with Crippen LogP contribution in [0.4, 0.5) is 10.1 Å². The van der Waals surface area contributed by atoms with Crippen LogP contribution >= 0.6 is 0 Å². The van der Waals surface area contributed by atoms with Crippen LogP contribution in [0.3, 0.4) is 0 Å². The first-order valence-electron chi connectivity index (χ1n) is 12.4. The van der Waals surface area contributed by atoms with Gasteiger partial charge in [-0.3, -0.25) is 9.59 Å². The van der Waals surface area contributed by atoms with Crippen molar-refractivity contribution >= 4 is 28.5 Å². The quantitative estimate of drug-likeness (QED) is 0.415. The minimum atomic E-state index is -0.293. The third-order valence-electron chi connectivity index (χ3n) is 7.26. The summed E-state index contributed by atoms with van der Waals surface area (Å²) in [5, 5.41) is 0. The van der Waals surface area contributed by atoms with Crippen LogP contribution in [0.2, 0.25) is 0 Å². The Morgan fingerprint density at radius 2 is 1.78 bits per heavy atom. The van der Waals surface area contributed by atoms with E-state index in [4.69, 9.17) is 4.98 Å². The number of hydrogen-bond donors (Lipinski definition) is 0. The zero-order valence-corrected chi connectivity index (χ0v) is 19.9. The van der Waals surface area contributed by atoms with Gasteiger partial charge in [-0.1, -0.05) is 42.5 Å². The topological polar surface area (TPSA) is 58.4 Å². The summed E-state index contributed by atoms with van der Waals surface area (Å²) in [6.45, 7) is 1.82. The molecule has 2 aliphatic heterocycles. The van der Waals surface area contributed by atoms with E-state index in [9.17, 15) is 14.0 Å². The molecule has 2 aliphatic rings. The summed E-state index contributed by atoms with van der Waals surface area (Å²) in [5.41, 5.74) is 4.80. The number of hydrogen-bond acceptors (Lipinski definition) is 3. The van der Waals surface area contributed by atoms with E-state index in [1.807, 2.05) is 51.9 Å². The third kappa shape index (κ3) is 4.15. The lowest BCUT2D eigenvalue weighted by atomic mass is 10.0. The van der Waals surface area contributed by atoms with Crippen molar-refractivity contribution in [1.82, 2.24) is 14.5 Å². The number of fused-ring (bicyclic) bond motifs is 2. The number of carbonyl (C=O) groups excluding carboxylic acids is 2. The lowest BCUT2D eigenvalue weighted by molar-refractivity contribution is -0.128. The van der Waals surface area contributed by atoms with Gasteiger partial charge in [-0.25, -0.2) is 9.37 Å². The molecule has 36 heavy (non-hydrogen) atoms. The zero-order valence-electron chi connectivity index (χ0n) is 19.9. The van der Waals surface area contributed by atoms with Crippen LogP contribution in [0.1, 0.15) is 35.7 Å². The van der Waals surface area contributed by atoms with Crippen LogP contribution in [-0.2, 0) is 29.1 Å². The molecule has 4 aromatic rings. The number of para-hydroxylation sites is 3. The van der Waals surface area contributed by atoms with Crippen molar-refractivity contribution in [2.24, 2.45) is 0 Å². The number of benzene rings is 3. The molecule has 1 aromatic heterocycles. The van der Waals surface area contributed by atoms with Crippen molar-refractivity contribution in [3.8, 4) is 0 Å². The van der Waals surface area contributed by atoms with Crippen LogP contribution < -0.4 is 4.90 Å². The number of likely N-dealkylation sites (tertiary alicyclic amines) is 1. The van der Waals surface area contributed by atoms with Crippen molar-refractivity contribution < 1.29 is 14.0 Å². The molecule has 1 fully saturated rings. The maximum Gasteiger partial charge on any atom is 0.246 e. The molecular weight excluding hydrogens is 455 g/mol. The number of carbonyl (C=O) groups is 2. The number of rotatable bonds is 5. The molecule has 7 heteroatoms. The van der Waals surface area contributed by atoms with E-state index >= 15 is 0 Å². The van der Waals surface area contributed by atoms with Crippen molar-refractivity contribution in [2.45, 2.75) is 38.3 Å². The zero-order chi connectivity index (χ0) is 24.6. The first kappa shape index (κ1) is 22.5. The normalized spacial score (nSPS) is 17.6. The van der Waals surface area contributed by atoms with E-state index in [2.05, 4.69) is 6.07 Å². The van der Waals surface area contributed by atoms with Gasteiger partial charge in [-0.15, -0.1) is 0 Å². The molecule has 2 amide bonds. The predicted octanol–water partition coefficient (Wildman–Crippen LogP) is 4.67. The summed E-state index contributed by atoms with van der Waals surface area (Å²) in [5.74, 6) is 0.425. The number of halogens is 1. The SMILES string of the molecule is O=C1CC(c2nc3ccccc3n2CC(=O)N2CCCc3ccccc32)CN1Cc1ccc(F)cc1. The molecule has 1 saturated heterocycles. The highest BCUT2D eigenvalue weighted by Crippen LogP contribution is 2.32. The number of nitrogens with zero attached hydrogens (tertiary/aromatic N) is 4. The second-order valence-electron chi connectivity index (χ2n) is 9.62. The Bertz CT molecular complexity index is 1450. The van der Waals surface area contributed by atoms with Crippen molar-refractivity contribution in [1.29, 1.82) is 0 Å². The summed E-state index contributed by atoms with van der Waals surface area (Å²) in [4.78, 5) is 35.1. The molecule has 6 nitrogen and oxygen atoms in total. The Hall–Kier alpha value is -4.00. The molecule has 0 bridgehead atoms. The van der Waals surface area contributed by atoms with Gasteiger partial charge < -0.3 is 14.4 Å². The van der Waals surface area contributed by atoms with E-state index in [1.165, 1.54) is 17.7 Å². The van der Waals surface area contributed by atoms with E-state index in [-0.39, 0.29) is 30.1 Å². The van der Waals surface area contributed by atoms with Crippen LogP contribution in [0.15, 0.2) is 72.8 Å². The Morgan fingerprint density at radius 3 is 2.64 bits per heavy atom. The molecule has 182 valence electrons. The monoisotopic (exact) mass is 482 g/mol. The Kier molecular flexibility index (Phi) is 5.76. The average molecular weight is 483 g/mol. The largest absolute Gasteiger partial charge is 0.338 e. The Morgan fingerprint density at radius 1 is 1.00 bits per heavy atom. The molecule has 0 N–H and O–H groups in total. The standard InChI is InChI=1S/C29H27FN4O2/c30-23-13-11-20(12-14-23)17-32-18-22(16-27(32)35)29-31-24-8-2-4-10-26(24)34(29)19-28(36)33-15-5-7-21-6-1-3-9-25(21)33/h1-4,6,8-14,22H,5,7,15-19H2. The van der Waals surface area contributed by atoms with Crippen molar-refractivity contribution in [3.05, 3.63) is 95.6 Å². The number of imidazole rings is 1. The highest BCUT2D eigenvalue weighted by Gasteiger charge is 2.35. The minimum absolute atomic E-state index is 0.0269. The van der Waals surface area contributed by atoms with Crippen molar-refractivity contribution in [2.75, 3.05) is 18.0 Å². The van der Waals surface area contributed by atoms with E-state index in [0.29, 0.717) is 26.1 Å². The van der Waals surface area contributed by atoms with Crippen LogP contribution in [0.5, 0.6) is 0 Å². The lowest BCUT2D eigenvalue weighted by Gasteiger charge is -2.30. The second kappa shape index (κ2) is 9.22. The maximum atomic E-state index is 13.6. The number of anilines is 1. The first-order chi connectivity index (χ1) is 17.6. The summed E-state index contributed by atoms with van der Waals surface area (Å²) in [6, 6.07) is 22.2. The molecule has 6 rings (SSSR count). The molecule has 1 unspecified atom stereocenters. The molecule has 0 aliphatic carbocycles. The summed E-state index contributed by atoms with van der Waals surface area (Å²) in [6.07, 6.45) is 2.26. The molecule has 3 aromatic carbocycles. The molecule has 0 spiro atoms. The maximum absolute atomic E-state index is 13.6. The average Bonchev–Trinajstić information content (AvgIpc) is 3.45. The lowest BCUT2D eigenvalue weighted by Crippen LogP contribution is -2.38. The van der Waals surface area contributed by atoms with E-state index < -0.39 is 0 Å². The Labute approximate surface area is 209 Å². The fraction of sp³-hybridized carbons (Fsp3) is 0.276. The van der Waals surface area contributed by atoms with Gasteiger partial charge in [0, 0.05) is 37.7 Å². The van der Waals surface area contributed by atoms with Crippen LogP contribution in [0.25, 0.3) is 11.0 Å². The molecule has 0 saturated carbocycles. The first-order valence-corrected chi connectivity index (χ1v) is 12.4. The van der Waals surface area contributed by atoms with Gasteiger partial charge in [-0.2, -0.15) is 0 Å². The summed E-state index contributed by atoms with van der Waals surface area (Å²) < 4.78 is 15.3. The molecule has 3 heterocycles. The van der Waals surface area contributed by atoms with Crippen LogP contribution in [-0.4, -0.2) is 39.4 Å². The number of aromatic nitrogens is 2. The van der Waals surface area contributed by atoms with Gasteiger partial charge in [-0.05, 0) is 54.3 Å². The van der Waals surface area contributed by atoms with E-state index in [0.717, 1.165) is 41.0 Å². The minimum Gasteiger partial charge on any atom is -0.338 e. The Balaban J connectivity index is 1.28. The van der Waals surface area contributed by atoms with Gasteiger partial charge in [0.05, 0.1) is 11.0 Å². The summed E-state index contributed by atoms with van der Waals surface area (Å²) in [7, 11) is 0. The van der Waals surface area contributed by atoms with Crippen molar-refractivity contribution in [3.63, 3.8) is 0 Å². The second-order valence-corrected chi connectivity index (χ2v) is 9.62. The highest BCUT2D eigenvalue weighted by molar-refractivity contribution is 5.95. The van der Waals surface area contributed by atoms with Gasteiger partial charge in [0.1, 0.15) is 18.2 Å². The number of aryl methyl sites for hydroxylation is 1. The fourth-order valence-corrected chi connectivity index (χ4v) is 5.49.